The van der Waals surface area contributed by atoms with E-state index in [4.69, 9.17) is 4.74 Å². The Labute approximate surface area is 134 Å². The van der Waals surface area contributed by atoms with Gasteiger partial charge in [-0.2, -0.15) is 0 Å². The first-order valence-electron chi connectivity index (χ1n) is 7.45. The molecule has 0 saturated heterocycles. The minimum absolute atomic E-state index is 0.221. The molecular weight excluding hydrogens is 294 g/mol. The van der Waals surface area contributed by atoms with Gasteiger partial charge in [-0.05, 0) is 41.5 Å². The molecule has 114 valence electrons. The lowest BCUT2D eigenvalue weighted by Crippen LogP contribution is -2.21. The molecule has 0 bridgehead atoms. The van der Waals surface area contributed by atoms with E-state index in [-0.39, 0.29) is 11.7 Å². The molecular formula is C18H19NO2S. The Balaban J connectivity index is 1.75. The number of methoxy groups -OCH3 is 1. The Hall–Kier alpha value is -1.94. The van der Waals surface area contributed by atoms with E-state index in [9.17, 15) is 4.79 Å². The summed E-state index contributed by atoms with van der Waals surface area (Å²) in [4.78, 5) is 18.0. The average molecular weight is 313 g/mol. The standard InChI is InChI=1S/C18H19NO2S/c1-21-17-5-2-4-13(10-17)14-8-15(11-16(20)9-14)19-12-18-6-3-7-22-18/h2-7,10,14H,8-9,11-12H2,1H3/t14-/m1/s1. The number of carbonyl (C=O) groups is 1. The van der Waals surface area contributed by atoms with Crippen molar-refractivity contribution >= 4 is 22.8 Å². The monoisotopic (exact) mass is 313 g/mol. The third-order valence-electron chi connectivity index (χ3n) is 3.96. The summed E-state index contributed by atoms with van der Waals surface area (Å²) in [5, 5.41) is 2.06. The molecule has 1 aliphatic rings. The van der Waals surface area contributed by atoms with Crippen LogP contribution in [0.1, 0.15) is 35.6 Å². The first-order valence-corrected chi connectivity index (χ1v) is 8.33. The van der Waals surface area contributed by atoms with Gasteiger partial charge in [0, 0.05) is 23.4 Å². The Morgan fingerprint density at radius 3 is 2.95 bits per heavy atom. The molecule has 1 atom stereocenters. The molecule has 1 fully saturated rings. The van der Waals surface area contributed by atoms with Gasteiger partial charge in [-0.1, -0.05) is 18.2 Å². The van der Waals surface area contributed by atoms with E-state index >= 15 is 0 Å². The van der Waals surface area contributed by atoms with Gasteiger partial charge in [0.25, 0.3) is 0 Å². The molecule has 0 unspecified atom stereocenters. The zero-order chi connectivity index (χ0) is 15.4. The second-order valence-electron chi connectivity index (χ2n) is 5.56. The highest BCUT2D eigenvalue weighted by molar-refractivity contribution is 7.09. The number of rotatable bonds is 4. The molecule has 1 heterocycles. The zero-order valence-electron chi connectivity index (χ0n) is 12.6. The lowest BCUT2D eigenvalue weighted by atomic mass is 9.82. The normalized spacial score (nSPS) is 20.3. The van der Waals surface area contributed by atoms with Crippen molar-refractivity contribution in [3.05, 3.63) is 52.2 Å². The van der Waals surface area contributed by atoms with Crippen LogP contribution in [-0.4, -0.2) is 18.6 Å². The molecule has 3 nitrogen and oxygen atoms in total. The SMILES string of the molecule is COc1cccc([C@H]2CC(=O)CC(=NCc3cccs3)C2)c1. The summed E-state index contributed by atoms with van der Waals surface area (Å²) in [6.07, 6.45) is 1.97. The van der Waals surface area contributed by atoms with E-state index in [2.05, 4.69) is 22.5 Å². The zero-order valence-corrected chi connectivity index (χ0v) is 13.4. The highest BCUT2D eigenvalue weighted by atomic mass is 32.1. The molecule has 2 aromatic rings. The topological polar surface area (TPSA) is 38.7 Å². The number of ether oxygens (including phenoxy) is 1. The molecule has 3 rings (SSSR count). The van der Waals surface area contributed by atoms with Crippen LogP contribution in [0.25, 0.3) is 0 Å². The molecule has 1 aromatic heterocycles. The van der Waals surface area contributed by atoms with Crippen LogP contribution in [0.5, 0.6) is 5.75 Å². The minimum atomic E-state index is 0.221. The minimum Gasteiger partial charge on any atom is -0.497 e. The molecule has 4 heteroatoms. The molecule has 1 saturated carbocycles. The smallest absolute Gasteiger partial charge is 0.139 e. The van der Waals surface area contributed by atoms with Crippen molar-refractivity contribution < 1.29 is 9.53 Å². The van der Waals surface area contributed by atoms with Gasteiger partial charge in [-0.15, -0.1) is 11.3 Å². The first-order chi connectivity index (χ1) is 10.7. The van der Waals surface area contributed by atoms with Gasteiger partial charge in [0.05, 0.1) is 13.7 Å². The Kier molecular flexibility index (Phi) is 4.68. The average Bonchev–Trinajstić information content (AvgIpc) is 3.06. The third-order valence-corrected chi connectivity index (χ3v) is 4.82. The van der Waals surface area contributed by atoms with Crippen LogP contribution in [0, 0.1) is 0 Å². The van der Waals surface area contributed by atoms with Crippen molar-refractivity contribution in [2.24, 2.45) is 4.99 Å². The fraction of sp³-hybridized carbons (Fsp3) is 0.333. The number of hydrogen-bond acceptors (Lipinski definition) is 4. The second kappa shape index (κ2) is 6.88. The summed E-state index contributed by atoms with van der Waals surface area (Å²) in [6.45, 7) is 0.686. The van der Waals surface area contributed by atoms with Crippen molar-refractivity contribution in [2.75, 3.05) is 7.11 Å². The number of Topliss-reactive ketones (excluding diaryl/α,β-unsaturated/α-hetero) is 1. The number of ketones is 1. The van der Waals surface area contributed by atoms with Crippen LogP contribution < -0.4 is 4.74 Å². The van der Waals surface area contributed by atoms with Gasteiger partial charge in [-0.25, -0.2) is 0 Å². The summed E-state index contributed by atoms with van der Waals surface area (Å²) in [7, 11) is 1.67. The summed E-state index contributed by atoms with van der Waals surface area (Å²) >= 11 is 1.71. The predicted molar refractivity (Wildman–Crippen MR) is 90.1 cm³/mol. The molecule has 1 aromatic carbocycles. The molecule has 0 amide bonds. The lowest BCUT2D eigenvalue weighted by Gasteiger charge is -2.23. The highest BCUT2D eigenvalue weighted by Gasteiger charge is 2.25. The summed E-state index contributed by atoms with van der Waals surface area (Å²) in [6, 6.07) is 12.1. The quantitative estimate of drug-likeness (QED) is 0.847. The number of hydrogen-bond donors (Lipinski definition) is 0. The Bertz CT molecular complexity index is 676. The van der Waals surface area contributed by atoms with Crippen molar-refractivity contribution in [1.29, 1.82) is 0 Å². The lowest BCUT2D eigenvalue weighted by molar-refractivity contribution is -0.118. The van der Waals surface area contributed by atoms with Crippen molar-refractivity contribution in [1.82, 2.24) is 0 Å². The molecule has 0 N–H and O–H groups in total. The van der Waals surface area contributed by atoms with E-state index in [1.807, 2.05) is 24.3 Å². The number of aliphatic imine (C=N–C) groups is 1. The molecule has 1 aliphatic carbocycles. The van der Waals surface area contributed by atoms with Crippen molar-refractivity contribution in [3.63, 3.8) is 0 Å². The fourth-order valence-electron chi connectivity index (χ4n) is 2.85. The van der Waals surface area contributed by atoms with Crippen LogP contribution in [-0.2, 0) is 11.3 Å². The van der Waals surface area contributed by atoms with E-state index in [0.29, 0.717) is 19.4 Å². The molecule has 0 radical (unpaired) electrons. The van der Waals surface area contributed by atoms with E-state index in [1.165, 1.54) is 4.88 Å². The van der Waals surface area contributed by atoms with Crippen LogP contribution >= 0.6 is 11.3 Å². The highest BCUT2D eigenvalue weighted by Crippen LogP contribution is 2.31. The van der Waals surface area contributed by atoms with Crippen LogP contribution in [0.2, 0.25) is 0 Å². The molecule has 0 spiro atoms. The summed E-state index contributed by atoms with van der Waals surface area (Å²) < 4.78 is 5.28. The predicted octanol–water partition coefficient (Wildman–Crippen LogP) is 4.23. The van der Waals surface area contributed by atoms with Gasteiger partial charge in [0.1, 0.15) is 11.5 Å². The summed E-state index contributed by atoms with van der Waals surface area (Å²) in [5.74, 6) is 1.34. The van der Waals surface area contributed by atoms with Gasteiger partial charge in [-0.3, -0.25) is 9.79 Å². The Morgan fingerprint density at radius 2 is 2.18 bits per heavy atom. The van der Waals surface area contributed by atoms with Crippen molar-refractivity contribution in [2.45, 2.75) is 31.7 Å². The third kappa shape index (κ3) is 3.63. The maximum absolute atomic E-state index is 12.1. The fourth-order valence-corrected chi connectivity index (χ4v) is 3.48. The largest absolute Gasteiger partial charge is 0.497 e. The van der Waals surface area contributed by atoms with Gasteiger partial charge in [0.15, 0.2) is 0 Å². The van der Waals surface area contributed by atoms with E-state index in [1.54, 1.807) is 18.4 Å². The first kappa shape index (κ1) is 15.0. The van der Waals surface area contributed by atoms with Crippen LogP contribution in [0.4, 0.5) is 0 Å². The van der Waals surface area contributed by atoms with Gasteiger partial charge in [0.2, 0.25) is 0 Å². The maximum Gasteiger partial charge on any atom is 0.139 e. The maximum atomic E-state index is 12.1. The molecule has 0 aliphatic heterocycles. The number of carbonyl (C=O) groups excluding carboxylic acids is 1. The number of nitrogens with zero attached hydrogens (tertiary/aromatic N) is 1. The number of benzene rings is 1. The molecule has 22 heavy (non-hydrogen) atoms. The van der Waals surface area contributed by atoms with Crippen molar-refractivity contribution in [3.8, 4) is 5.75 Å². The number of thiophene rings is 1. The van der Waals surface area contributed by atoms with Gasteiger partial charge < -0.3 is 4.74 Å². The van der Waals surface area contributed by atoms with Crippen LogP contribution in [0.15, 0.2) is 46.8 Å². The van der Waals surface area contributed by atoms with E-state index < -0.39 is 0 Å². The summed E-state index contributed by atoms with van der Waals surface area (Å²) in [5.41, 5.74) is 2.19. The Morgan fingerprint density at radius 1 is 1.27 bits per heavy atom. The van der Waals surface area contributed by atoms with Gasteiger partial charge >= 0.3 is 0 Å². The van der Waals surface area contributed by atoms with E-state index in [0.717, 1.165) is 23.4 Å². The van der Waals surface area contributed by atoms with Crippen LogP contribution in [0.3, 0.4) is 0 Å². The second-order valence-corrected chi connectivity index (χ2v) is 6.59.